The van der Waals surface area contributed by atoms with Crippen molar-refractivity contribution < 1.29 is 14.0 Å². The van der Waals surface area contributed by atoms with Gasteiger partial charge >= 0.3 is 0 Å². The summed E-state index contributed by atoms with van der Waals surface area (Å²) in [5.74, 6) is -0.339. The van der Waals surface area contributed by atoms with Crippen molar-refractivity contribution in [2.75, 3.05) is 11.1 Å². The standard InChI is InChI=1S/C25H22Br2FN7O2/c1-25-6-5-17(25)35(16(9-25)24(37)33-19-4-2-3-18(27)32-19)20(36)10-34-15-8-14(28)13(26)7-12(15)21-22(29)30-11-31-23(21)34/h2-4,7-8,11,16-17H,5-6,9-10H2,1H3,(H2,29,30,31)(H,32,33,37)/t16-,17+,25+/m0/s1. The number of fused-ring (bicyclic) bond motifs is 4. The van der Waals surface area contributed by atoms with E-state index < -0.39 is 11.9 Å². The first kappa shape index (κ1) is 24.2. The van der Waals surface area contributed by atoms with Gasteiger partial charge in [0.05, 0.1) is 15.4 Å². The molecule has 12 heteroatoms. The lowest BCUT2D eigenvalue weighted by Gasteiger charge is -2.44. The molecule has 1 aromatic carbocycles. The number of carbonyl (C=O) groups is 2. The highest BCUT2D eigenvalue weighted by atomic mass is 79.9. The fourth-order valence-electron chi connectivity index (χ4n) is 5.79. The molecular formula is C25H22Br2FN7O2. The van der Waals surface area contributed by atoms with Gasteiger partial charge in [-0.25, -0.2) is 19.3 Å². The van der Waals surface area contributed by atoms with Crippen molar-refractivity contribution in [2.45, 2.75) is 44.8 Å². The Kier molecular flexibility index (Phi) is 5.72. The summed E-state index contributed by atoms with van der Waals surface area (Å²) >= 11 is 6.55. The van der Waals surface area contributed by atoms with E-state index in [4.69, 9.17) is 5.73 Å². The van der Waals surface area contributed by atoms with E-state index in [2.05, 4.69) is 59.1 Å². The Hall–Kier alpha value is -3.12. The number of nitrogens with one attached hydrogen (secondary N) is 1. The van der Waals surface area contributed by atoms with E-state index in [9.17, 15) is 14.0 Å². The van der Waals surface area contributed by atoms with Crippen LogP contribution in [0.5, 0.6) is 0 Å². The van der Waals surface area contributed by atoms with Crippen molar-refractivity contribution in [1.82, 2.24) is 24.4 Å². The molecule has 3 atom stereocenters. The zero-order chi connectivity index (χ0) is 26.1. The number of carbonyl (C=O) groups excluding carboxylic acids is 2. The smallest absolute Gasteiger partial charge is 0.248 e. The van der Waals surface area contributed by atoms with Gasteiger partial charge in [-0.05, 0) is 80.8 Å². The van der Waals surface area contributed by atoms with Gasteiger partial charge in [0.15, 0.2) is 0 Å². The van der Waals surface area contributed by atoms with Gasteiger partial charge in [0.2, 0.25) is 11.8 Å². The minimum absolute atomic E-state index is 0.0510. The van der Waals surface area contributed by atoms with Crippen LogP contribution >= 0.6 is 31.9 Å². The minimum Gasteiger partial charge on any atom is -0.383 e. The second-order valence-corrected chi connectivity index (χ2v) is 11.6. The number of nitrogen functional groups attached to an aromatic ring is 1. The van der Waals surface area contributed by atoms with E-state index in [1.54, 1.807) is 33.7 Å². The first-order valence-electron chi connectivity index (χ1n) is 11.8. The number of hydrogen-bond donors (Lipinski definition) is 2. The Bertz CT molecular complexity index is 1610. The van der Waals surface area contributed by atoms with E-state index in [1.807, 2.05) is 0 Å². The van der Waals surface area contributed by atoms with Gasteiger partial charge in [0.1, 0.15) is 46.6 Å². The number of likely N-dealkylation sites (tertiary alicyclic amines) is 1. The van der Waals surface area contributed by atoms with Crippen LogP contribution in [-0.2, 0) is 16.1 Å². The van der Waals surface area contributed by atoms with E-state index in [1.165, 1.54) is 12.4 Å². The summed E-state index contributed by atoms with van der Waals surface area (Å²) in [5, 5.41) is 4.05. The molecule has 0 radical (unpaired) electrons. The number of hydrogen-bond acceptors (Lipinski definition) is 6. The average molecular weight is 631 g/mol. The third kappa shape index (κ3) is 3.88. The van der Waals surface area contributed by atoms with E-state index in [-0.39, 0.29) is 40.1 Å². The molecule has 2 fully saturated rings. The molecule has 1 aliphatic carbocycles. The lowest BCUT2D eigenvalue weighted by Crippen LogP contribution is -2.52. The van der Waals surface area contributed by atoms with Crippen molar-refractivity contribution in [2.24, 2.45) is 5.41 Å². The Balaban J connectivity index is 1.38. The molecule has 3 N–H and O–H groups in total. The monoisotopic (exact) mass is 629 g/mol. The first-order valence-corrected chi connectivity index (χ1v) is 13.4. The third-order valence-electron chi connectivity index (χ3n) is 7.69. The molecule has 2 amide bonds. The number of anilines is 2. The highest BCUT2D eigenvalue weighted by Gasteiger charge is 2.58. The molecule has 4 aromatic rings. The maximum absolute atomic E-state index is 14.6. The molecule has 3 aromatic heterocycles. The summed E-state index contributed by atoms with van der Waals surface area (Å²) in [6.45, 7) is 2.00. The van der Waals surface area contributed by atoms with Crippen LogP contribution in [0.25, 0.3) is 21.9 Å². The number of halogens is 3. The van der Waals surface area contributed by atoms with Crippen molar-refractivity contribution in [3.05, 3.63) is 51.6 Å². The Morgan fingerprint density at radius 3 is 2.81 bits per heavy atom. The Morgan fingerprint density at radius 2 is 2.08 bits per heavy atom. The summed E-state index contributed by atoms with van der Waals surface area (Å²) < 4.78 is 17.1. The normalized spacial score (nSPS) is 22.8. The van der Waals surface area contributed by atoms with E-state index in [0.717, 1.165) is 12.8 Å². The second-order valence-electron chi connectivity index (χ2n) is 9.89. The van der Waals surface area contributed by atoms with Crippen LogP contribution in [0.2, 0.25) is 0 Å². The topological polar surface area (TPSA) is 119 Å². The number of nitrogens with zero attached hydrogens (tertiary/aromatic N) is 5. The highest BCUT2D eigenvalue weighted by Crippen LogP contribution is 2.54. The van der Waals surface area contributed by atoms with Gasteiger partial charge in [-0.3, -0.25) is 9.59 Å². The van der Waals surface area contributed by atoms with Gasteiger partial charge in [-0.2, -0.15) is 0 Å². The van der Waals surface area contributed by atoms with Crippen molar-refractivity contribution >= 4 is 77.2 Å². The molecule has 4 heterocycles. The summed E-state index contributed by atoms with van der Waals surface area (Å²) in [6, 6.07) is 7.53. The van der Waals surface area contributed by atoms with Gasteiger partial charge in [0, 0.05) is 11.4 Å². The number of nitrogens with two attached hydrogens (primary N) is 1. The molecule has 1 saturated heterocycles. The fourth-order valence-corrected chi connectivity index (χ4v) is 6.48. The van der Waals surface area contributed by atoms with Crippen molar-refractivity contribution in [1.29, 1.82) is 0 Å². The molecule has 6 rings (SSSR count). The molecule has 190 valence electrons. The molecule has 0 unspecified atom stereocenters. The number of benzene rings is 1. The number of rotatable bonds is 4. The predicted octanol–water partition coefficient (Wildman–Crippen LogP) is 4.63. The Labute approximate surface area is 227 Å². The van der Waals surface area contributed by atoms with Gasteiger partial charge in [-0.1, -0.05) is 13.0 Å². The lowest BCUT2D eigenvalue weighted by atomic mass is 9.66. The summed E-state index contributed by atoms with van der Waals surface area (Å²) in [4.78, 5) is 41.8. The van der Waals surface area contributed by atoms with Crippen molar-refractivity contribution in [3.63, 3.8) is 0 Å². The Morgan fingerprint density at radius 1 is 1.27 bits per heavy atom. The number of aromatic nitrogens is 4. The van der Waals surface area contributed by atoms with Crippen LogP contribution in [-0.4, -0.2) is 48.3 Å². The summed E-state index contributed by atoms with van der Waals surface area (Å²) in [7, 11) is 0. The summed E-state index contributed by atoms with van der Waals surface area (Å²) in [5.41, 5.74) is 6.94. The van der Waals surface area contributed by atoms with Crippen LogP contribution in [0.1, 0.15) is 26.2 Å². The molecule has 37 heavy (non-hydrogen) atoms. The minimum atomic E-state index is -0.649. The summed E-state index contributed by atoms with van der Waals surface area (Å²) in [6.07, 6.45) is 3.65. The van der Waals surface area contributed by atoms with Gasteiger partial charge < -0.3 is 20.5 Å². The second kappa shape index (κ2) is 8.73. The molecule has 2 aliphatic rings. The van der Waals surface area contributed by atoms with Gasteiger partial charge in [-0.15, -0.1) is 0 Å². The molecule has 9 nitrogen and oxygen atoms in total. The fraction of sp³-hybridized carbons (Fsp3) is 0.320. The number of pyridine rings is 1. The maximum Gasteiger partial charge on any atom is 0.248 e. The number of amides is 2. The highest BCUT2D eigenvalue weighted by molar-refractivity contribution is 9.10. The van der Waals surface area contributed by atoms with Crippen LogP contribution in [0.15, 0.2) is 45.7 Å². The zero-order valence-electron chi connectivity index (χ0n) is 19.7. The van der Waals surface area contributed by atoms with E-state index >= 15 is 0 Å². The zero-order valence-corrected chi connectivity index (χ0v) is 22.9. The SMILES string of the molecule is C[C@]12CC[C@H]1N(C(=O)Cn1c3cc(F)c(Br)cc3c3c(N)ncnc31)[C@H](C(=O)Nc1cccc(Br)n1)C2. The quantitative estimate of drug-likeness (QED) is 0.317. The van der Waals surface area contributed by atoms with E-state index in [0.29, 0.717) is 38.8 Å². The molecule has 1 saturated carbocycles. The lowest BCUT2D eigenvalue weighted by molar-refractivity contribution is -0.141. The van der Waals surface area contributed by atoms with Crippen LogP contribution in [0.3, 0.4) is 0 Å². The first-order chi connectivity index (χ1) is 17.7. The third-order valence-corrected chi connectivity index (χ3v) is 8.74. The predicted molar refractivity (Wildman–Crippen MR) is 144 cm³/mol. The molecule has 0 bridgehead atoms. The molecular weight excluding hydrogens is 609 g/mol. The largest absolute Gasteiger partial charge is 0.383 e. The van der Waals surface area contributed by atoms with Crippen LogP contribution in [0, 0.1) is 11.2 Å². The van der Waals surface area contributed by atoms with Crippen LogP contribution in [0.4, 0.5) is 16.0 Å². The van der Waals surface area contributed by atoms with Gasteiger partial charge in [0.25, 0.3) is 0 Å². The maximum atomic E-state index is 14.6. The molecule has 1 aliphatic heterocycles. The van der Waals surface area contributed by atoms with Crippen LogP contribution < -0.4 is 11.1 Å². The average Bonchev–Trinajstić information content (AvgIpc) is 3.24. The van der Waals surface area contributed by atoms with Crippen molar-refractivity contribution in [3.8, 4) is 0 Å². The molecule has 0 spiro atoms.